The summed E-state index contributed by atoms with van der Waals surface area (Å²) < 4.78 is 10.3. The van der Waals surface area contributed by atoms with Crippen LogP contribution in [0.4, 0.5) is 5.69 Å². The van der Waals surface area contributed by atoms with Crippen molar-refractivity contribution in [3.05, 3.63) is 78.6 Å². The summed E-state index contributed by atoms with van der Waals surface area (Å²) in [5.41, 5.74) is 5.46. The summed E-state index contributed by atoms with van der Waals surface area (Å²) in [6.45, 7) is 0. The van der Waals surface area contributed by atoms with Gasteiger partial charge in [-0.3, -0.25) is 4.79 Å². The smallest absolute Gasteiger partial charge is 0.255 e. The van der Waals surface area contributed by atoms with Gasteiger partial charge in [-0.15, -0.1) is 0 Å². The van der Waals surface area contributed by atoms with Gasteiger partial charge in [0.05, 0.1) is 17.4 Å². The molecule has 0 aliphatic heterocycles. The fraction of sp³-hybridized carbons (Fsp3) is 0. The first-order chi connectivity index (χ1) is 13.3. The Balaban J connectivity index is 1.43. The van der Waals surface area contributed by atoms with E-state index >= 15 is 0 Å². The Hall–Kier alpha value is -3.58. The third kappa shape index (κ3) is 2.94. The first-order valence-electron chi connectivity index (χ1n) is 8.34. The van der Waals surface area contributed by atoms with E-state index in [1.165, 1.54) is 0 Å². The summed E-state index contributed by atoms with van der Waals surface area (Å²) in [4.78, 5) is 17.2. The number of amides is 1. The maximum Gasteiger partial charge on any atom is 0.255 e. The van der Waals surface area contributed by atoms with Gasteiger partial charge in [-0.05, 0) is 42.5 Å². The maximum atomic E-state index is 12.6. The summed E-state index contributed by atoms with van der Waals surface area (Å²) in [5, 5.41) is 2.94. The van der Waals surface area contributed by atoms with Gasteiger partial charge in [0.25, 0.3) is 5.91 Å². The largest absolute Gasteiger partial charge is 0.322 e. The van der Waals surface area contributed by atoms with Gasteiger partial charge in [0.2, 0.25) is 0 Å². The molecule has 3 heterocycles. The average Bonchev–Trinajstić information content (AvgIpc) is 3.34. The fourth-order valence-corrected chi connectivity index (χ4v) is 3.47. The van der Waals surface area contributed by atoms with E-state index in [0.29, 0.717) is 11.3 Å². The van der Waals surface area contributed by atoms with Crippen LogP contribution in [0, 0.1) is 0 Å². The Bertz CT molecular complexity index is 1260. The molecular weight excluding hydrogens is 358 g/mol. The van der Waals surface area contributed by atoms with Crippen LogP contribution in [-0.2, 0) is 0 Å². The van der Waals surface area contributed by atoms with Crippen molar-refractivity contribution >= 4 is 40.0 Å². The molecule has 1 N–H and O–H groups in total. The summed E-state index contributed by atoms with van der Waals surface area (Å²) in [6.07, 6.45) is 3.93. The summed E-state index contributed by atoms with van der Waals surface area (Å²) in [5.74, 6) is -0.183. The number of carbonyl (C=O) groups excluding carboxylic acids is 1. The van der Waals surface area contributed by atoms with E-state index in [1.54, 1.807) is 18.2 Å². The van der Waals surface area contributed by atoms with Crippen molar-refractivity contribution in [1.29, 1.82) is 0 Å². The van der Waals surface area contributed by atoms with Crippen LogP contribution in [0.5, 0.6) is 0 Å². The lowest BCUT2D eigenvalue weighted by atomic mass is 10.1. The second kappa shape index (κ2) is 6.30. The van der Waals surface area contributed by atoms with Gasteiger partial charge in [-0.2, -0.15) is 8.75 Å². The van der Waals surface area contributed by atoms with Crippen LogP contribution in [0.1, 0.15) is 10.4 Å². The van der Waals surface area contributed by atoms with Gasteiger partial charge in [0, 0.05) is 29.2 Å². The molecule has 0 unspecified atom stereocenters. The van der Waals surface area contributed by atoms with Crippen molar-refractivity contribution in [3.63, 3.8) is 0 Å². The summed E-state index contributed by atoms with van der Waals surface area (Å²) in [7, 11) is 0. The maximum absolute atomic E-state index is 12.6. The quantitative estimate of drug-likeness (QED) is 0.514. The van der Waals surface area contributed by atoms with Gasteiger partial charge in [-0.1, -0.05) is 18.2 Å². The van der Waals surface area contributed by atoms with Gasteiger partial charge in [0.15, 0.2) is 0 Å². The Labute approximate surface area is 158 Å². The minimum absolute atomic E-state index is 0.183. The molecule has 0 saturated carbocycles. The predicted molar refractivity (Wildman–Crippen MR) is 106 cm³/mol. The fourth-order valence-electron chi connectivity index (χ4n) is 2.96. The van der Waals surface area contributed by atoms with Gasteiger partial charge >= 0.3 is 0 Å². The molecule has 0 radical (unpaired) electrons. The highest BCUT2D eigenvalue weighted by Gasteiger charge is 2.10. The molecule has 2 aromatic carbocycles. The normalized spacial score (nSPS) is 11.1. The van der Waals surface area contributed by atoms with E-state index in [-0.39, 0.29) is 5.91 Å². The molecule has 0 aliphatic carbocycles. The molecule has 0 atom stereocenters. The summed E-state index contributed by atoms with van der Waals surface area (Å²) in [6, 6.07) is 18.8. The first-order valence-corrected chi connectivity index (χ1v) is 9.07. The Morgan fingerprint density at radius 1 is 0.963 bits per heavy atom. The molecule has 5 aromatic rings. The lowest BCUT2D eigenvalue weighted by Crippen LogP contribution is -2.11. The highest BCUT2D eigenvalue weighted by atomic mass is 32.1. The lowest BCUT2D eigenvalue weighted by molar-refractivity contribution is 0.102. The Morgan fingerprint density at radius 2 is 1.89 bits per heavy atom. The number of nitrogens with zero attached hydrogens (tertiary/aromatic N) is 4. The molecule has 0 bridgehead atoms. The molecule has 0 saturated heterocycles. The molecule has 7 heteroatoms. The van der Waals surface area contributed by atoms with Crippen LogP contribution in [0.25, 0.3) is 27.9 Å². The third-order valence-electron chi connectivity index (χ3n) is 4.30. The zero-order chi connectivity index (χ0) is 18.2. The van der Waals surface area contributed by atoms with E-state index in [1.807, 2.05) is 59.3 Å². The van der Waals surface area contributed by atoms with Crippen molar-refractivity contribution in [2.75, 3.05) is 5.32 Å². The molecule has 1 amide bonds. The monoisotopic (exact) mass is 371 g/mol. The van der Waals surface area contributed by atoms with Crippen molar-refractivity contribution < 1.29 is 4.79 Å². The molecule has 0 spiro atoms. The highest BCUT2D eigenvalue weighted by Crippen LogP contribution is 2.23. The number of anilines is 1. The average molecular weight is 371 g/mol. The van der Waals surface area contributed by atoms with Crippen LogP contribution in [-0.4, -0.2) is 24.0 Å². The predicted octanol–water partition coefficient (Wildman–Crippen LogP) is 4.26. The number of rotatable bonds is 3. The van der Waals surface area contributed by atoms with Gasteiger partial charge < -0.3 is 9.72 Å². The van der Waals surface area contributed by atoms with Crippen molar-refractivity contribution in [2.45, 2.75) is 0 Å². The van der Waals surface area contributed by atoms with E-state index in [2.05, 4.69) is 19.0 Å². The van der Waals surface area contributed by atoms with Crippen LogP contribution >= 0.6 is 11.7 Å². The number of carbonyl (C=O) groups is 1. The van der Waals surface area contributed by atoms with Crippen molar-refractivity contribution in [3.8, 4) is 11.3 Å². The first kappa shape index (κ1) is 15.7. The number of hydrogen-bond donors (Lipinski definition) is 1. The van der Waals surface area contributed by atoms with Gasteiger partial charge in [0.1, 0.15) is 16.7 Å². The van der Waals surface area contributed by atoms with Crippen LogP contribution < -0.4 is 5.32 Å². The number of hydrogen-bond acceptors (Lipinski definition) is 5. The van der Waals surface area contributed by atoms with Crippen LogP contribution in [0.3, 0.4) is 0 Å². The number of aromatic nitrogens is 4. The minimum Gasteiger partial charge on any atom is -0.322 e. The van der Waals surface area contributed by atoms with E-state index in [0.717, 1.165) is 39.7 Å². The number of benzene rings is 2. The number of nitrogens with one attached hydrogen (secondary N) is 1. The zero-order valence-electron chi connectivity index (χ0n) is 14.0. The molecule has 0 fully saturated rings. The molecule has 6 nitrogen and oxygen atoms in total. The molecule has 130 valence electrons. The molecular formula is C20H13N5OS. The highest BCUT2D eigenvalue weighted by molar-refractivity contribution is 7.00. The van der Waals surface area contributed by atoms with Gasteiger partial charge in [-0.25, -0.2) is 4.98 Å². The Morgan fingerprint density at radius 3 is 2.81 bits per heavy atom. The number of pyridine rings is 1. The van der Waals surface area contributed by atoms with E-state index < -0.39 is 0 Å². The molecule has 0 aliphatic rings. The standard InChI is InChI=1S/C20H13N5OS/c26-20(14-7-8-16-17(11-14)24-27-23-16)21-15-5-3-4-13(10-15)18-12-25-9-2-1-6-19(25)22-18/h1-12H,(H,21,26). The lowest BCUT2D eigenvalue weighted by Gasteiger charge is -2.06. The molecule has 5 rings (SSSR count). The van der Waals surface area contributed by atoms with Crippen LogP contribution in [0.2, 0.25) is 0 Å². The number of fused-ring (bicyclic) bond motifs is 2. The van der Waals surface area contributed by atoms with Crippen molar-refractivity contribution in [1.82, 2.24) is 18.1 Å². The second-order valence-corrected chi connectivity index (χ2v) is 6.62. The zero-order valence-corrected chi connectivity index (χ0v) is 14.9. The van der Waals surface area contributed by atoms with E-state index in [9.17, 15) is 4.79 Å². The molecule has 27 heavy (non-hydrogen) atoms. The minimum atomic E-state index is -0.183. The third-order valence-corrected chi connectivity index (χ3v) is 4.85. The van der Waals surface area contributed by atoms with Crippen molar-refractivity contribution in [2.24, 2.45) is 0 Å². The second-order valence-electron chi connectivity index (χ2n) is 6.09. The SMILES string of the molecule is O=C(Nc1cccc(-c2cn3ccccc3n2)c1)c1ccc2nsnc2c1. The summed E-state index contributed by atoms with van der Waals surface area (Å²) >= 11 is 1.14. The Kier molecular flexibility index (Phi) is 3.65. The number of imidazole rings is 1. The molecule has 3 aromatic heterocycles. The topological polar surface area (TPSA) is 72.2 Å². The van der Waals surface area contributed by atoms with Crippen LogP contribution in [0.15, 0.2) is 73.1 Å². The van der Waals surface area contributed by atoms with E-state index in [4.69, 9.17) is 0 Å².